The Morgan fingerprint density at radius 1 is 1.04 bits per heavy atom. The van der Waals surface area contributed by atoms with Crippen molar-refractivity contribution >= 4 is 11.7 Å². The molecule has 0 radical (unpaired) electrons. The van der Waals surface area contributed by atoms with Gasteiger partial charge in [-0.1, -0.05) is 30.3 Å². The van der Waals surface area contributed by atoms with Gasteiger partial charge in [0.2, 0.25) is 0 Å². The van der Waals surface area contributed by atoms with Gasteiger partial charge in [0.05, 0.1) is 19.8 Å². The maximum Gasteiger partial charge on any atom is 0.337 e. The third kappa shape index (κ3) is 4.49. The molecule has 2 aromatic carbocycles. The van der Waals surface area contributed by atoms with Crippen LogP contribution >= 0.6 is 0 Å². The van der Waals surface area contributed by atoms with E-state index in [-0.39, 0.29) is 6.04 Å². The highest BCUT2D eigenvalue weighted by Crippen LogP contribution is 2.26. The Morgan fingerprint density at radius 3 is 2.25 bits per heavy atom. The number of anilines is 1. The lowest BCUT2D eigenvalue weighted by atomic mass is 10.0. The standard InChI is InChI=1S/C19H23NO4/c1-4-24-19(21)18(23-3)17(14-8-6-5-7-9-14)20-15-10-12-16(22-2)13-11-15/h5-13,17-18,20H,4H2,1-3H3/t17-,18-/m1/s1. The van der Waals surface area contributed by atoms with Crippen molar-refractivity contribution in [1.82, 2.24) is 0 Å². The molecule has 2 aromatic rings. The van der Waals surface area contributed by atoms with E-state index in [1.54, 1.807) is 14.0 Å². The summed E-state index contributed by atoms with van der Waals surface area (Å²) < 4.78 is 15.8. The lowest BCUT2D eigenvalue weighted by molar-refractivity contribution is -0.155. The molecular formula is C19H23NO4. The van der Waals surface area contributed by atoms with E-state index in [0.717, 1.165) is 17.0 Å². The molecule has 24 heavy (non-hydrogen) atoms. The van der Waals surface area contributed by atoms with Gasteiger partial charge in [-0.25, -0.2) is 4.79 Å². The number of esters is 1. The van der Waals surface area contributed by atoms with Crippen molar-refractivity contribution in [3.8, 4) is 5.75 Å². The van der Waals surface area contributed by atoms with Crippen LogP contribution < -0.4 is 10.1 Å². The molecule has 0 unspecified atom stereocenters. The number of nitrogens with one attached hydrogen (secondary N) is 1. The normalized spacial score (nSPS) is 13.0. The molecule has 0 spiro atoms. The molecule has 128 valence electrons. The number of hydrogen-bond donors (Lipinski definition) is 1. The van der Waals surface area contributed by atoms with Gasteiger partial charge in [-0.2, -0.15) is 0 Å². The summed E-state index contributed by atoms with van der Waals surface area (Å²) in [7, 11) is 3.13. The van der Waals surface area contributed by atoms with E-state index in [4.69, 9.17) is 14.2 Å². The van der Waals surface area contributed by atoms with Crippen molar-refractivity contribution in [1.29, 1.82) is 0 Å². The van der Waals surface area contributed by atoms with Crippen LogP contribution in [0, 0.1) is 0 Å². The molecule has 0 fully saturated rings. The Labute approximate surface area is 142 Å². The molecule has 0 aliphatic carbocycles. The molecule has 0 amide bonds. The Balaban J connectivity index is 2.29. The molecule has 0 saturated carbocycles. The monoisotopic (exact) mass is 329 g/mol. The maximum atomic E-state index is 12.3. The quantitative estimate of drug-likeness (QED) is 0.752. The molecule has 2 rings (SSSR count). The minimum atomic E-state index is -0.755. The first-order chi connectivity index (χ1) is 11.7. The first kappa shape index (κ1) is 17.8. The summed E-state index contributed by atoms with van der Waals surface area (Å²) >= 11 is 0. The number of carbonyl (C=O) groups excluding carboxylic acids is 1. The van der Waals surface area contributed by atoms with Gasteiger partial charge in [0.25, 0.3) is 0 Å². The number of hydrogen-bond acceptors (Lipinski definition) is 5. The molecular weight excluding hydrogens is 306 g/mol. The Morgan fingerprint density at radius 2 is 1.71 bits per heavy atom. The van der Waals surface area contributed by atoms with Gasteiger partial charge in [-0.05, 0) is 36.8 Å². The zero-order valence-corrected chi connectivity index (χ0v) is 14.2. The van der Waals surface area contributed by atoms with Crippen LogP contribution in [0.2, 0.25) is 0 Å². The molecule has 2 atom stereocenters. The number of ether oxygens (including phenoxy) is 3. The summed E-state index contributed by atoms with van der Waals surface area (Å²) in [5.74, 6) is 0.375. The van der Waals surface area contributed by atoms with Crippen LogP contribution in [-0.2, 0) is 14.3 Å². The van der Waals surface area contributed by atoms with E-state index < -0.39 is 12.1 Å². The molecule has 0 aliphatic rings. The van der Waals surface area contributed by atoms with Crippen molar-refractivity contribution in [2.75, 3.05) is 26.1 Å². The van der Waals surface area contributed by atoms with E-state index in [0.29, 0.717) is 6.61 Å². The van der Waals surface area contributed by atoms with E-state index in [9.17, 15) is 4.79 Å². The summed E-state index contributed by atoms with van der Waals surface area (Å²) in [5.41, 5.74) is 1.80. The minimum Gasteiger partial charge on any atom is -0.497 e. The van der Waals surface area contributed by atoms with Gasteiger partial charge in [0, 0.05) is 12.8 Å². The fraction of sp³-hybridized carbons (Fsp3) is 0.316. The Kier molecular flexibility index (Phi) is 6.63. The summed E-state index contributed by atoms with van der Waals surface area (Å²) in [6.07, 6.45) is -0.755. The van der Waals surface area contributed by atoms with E-state index in [1.165, 1.54) is 7.11 Å². The second-order valence-electron chi connectivity index (χ2n) is 5.17. The van der Waals surface area contributed by atoms with Crippen LogP contribution in [0.5, 0.6) is 5.75 Å². The highest BCUT2D eigenvalue weighted by atomic mass is 16.6. The third-order valence-corrected chi connectivity index (χ3v) is 3.65. The van der Waals surface area contributed by atoms with Crippen molar-refractivity contribution in [2.45, 2.75) is 19.1 Å². The predicted octanol–water partition coefficient (Wildman–Crippen LogP) is 3.43. The van der Waals surface area contributed by atoms with Gasteiger partial charge in [-0.15, -0.1) is 0 Å². The van der Waals surface area contributed by atoms with Crippen molar-refractivity contribution < 1.29 is 19.0 Å². The van der Waals surface area contributed by atoms with Crippen LogP contribution in [0.15, 0.2) is 54.6 Å². The van der Waals surface area contributed by atoms with E-state index in [1.807, 2.05) is 54.6 Å². The SMILES string of the molecule is CCOC(=O)[C@H](OC)[C@H](Nc1ccc(OC)cc1)c1ccccc1. The number of methoxy groups -OCH3 is 2. The van der Waals surface area contributed by atoms with Gasteiger partial charge < -0.3 is 19.5 Å². The molecule has 0 heterocycles. The van der Waals surface area contributed by atoms with Gasteiger partial charge in [0.1, 0.15) is 5.75 Å². The zero-order valence-electron chi connectivity index (χ0n) is 14.2. The Hall–Kier alpha value is -2.53. The van der Waals surface area contributed by atoms with Crippen LogP contribution in [0.4, 0.5) is 5.69 Å². The largest absolute Gasteiger partial charge is 0.497 e. The molecule has 0 bridgehead atoms. The first-order valence-electron chi connectivity index (χ1n) is 7.84. The summed E-state index contributed by atoms with van der Waals surface area (Å²) in [5, 5.41) is 3.36. The second kappa shape index (κ2) is 8.93. The van der Waals surface area contributed by atoms with Crippen molar-refractivity contribution in [3.05, 3.63) is 60.2 Å². The molecule has 0 aliphatic heterocycles. The molecule has 0 saturated heterocycles. The van der Waals surface area contributed by atoms with Gasteiger partial charge in [0.15, 0.2) is 6.10 Å². The molecule has 5 nitrogen and oxygen atoms in total. The average Bonchev–Trinajstić information content (AvgIpc) is 2.63. The minimum absolute atomic E-state index is 0.308. The lowest BCUT2D eigenvalue weighted by Gasteiger charge is -2.27. The zero-order chi connectivity index (χ0) is 17.4. The fourth-order valence-electron chi connectivity index (χ4n) is 2.45. The lowest BCUT2D eigenvalue weighted by Crippen LogP contribution is -2.36. The molecule has 1 N–H and O–H groups in total. The van der Waals surface area contributed by atoms with Crippen LogP contribution in [-0.4, -0.2) is 32.9 Å². The first-order valence-corrected chi connectivity index (χ1v) is 7.84. The number of carbonyl (C=O) groups is 1. The van der Waals surface area contributed by atoms with Crippen molar-refractivity contribution in [3.63, 3.8) is 0 Å². The maximum absolute atomic E-state index is 12.3. The second-order valence-corrected chi connectivity index (χ2v) is 5.17. The Bertz CT molecular complexity index is 628. The molecule has 5 heteroatoms. The molecule has 0 aromatic heterocycles. The number of benzene rings is 2. The van der Waals surface area contributed by atoms with E-state index in [2.05, 4.69) is 5.32 Å². The topological polar surface area (TPSA) is 56.8 Å². The highest BCUT2D eigenvalue weighted by Gasteiger charge is 2.31. The smallest absolute Gasteiger partial charge is 0.337 e. The summed E-state index contributed by atoms with van der Waals surface area (Å²) in [4.78, 5) is 12.3. The average molecular weight is 329 g/mol. The van der Waals surface area contributed by atoms with Crippen LogP contribution in [0.3, 0.4) is 0 Å². The van der Waals surface area contributed by atoms with Gasteiger partial charge in [-0.3, -0.25) is 0 Å². The summed E-state index contributed by atoms with van der Waals surface area (Å²) in [6.45, 7) is 2.09. The van der Waals surface area contributed by atoms with Gasteiger partial charge >= 0.3 is 5.97 Å². The van der Waals surface area contributed by atoms with Crippen LogP contribution in [0.1, 0.15) is 18.5 Å². The predicted molar refractivity (Wildman–Crippen MR) is 93.2 cm³/mol. The van der Waals surface area contributed by atoms with Crippen molar-refractivity contribution in [2.24, 2.45) is 0 Å². The highest BCUT2D eigenvalue weighted by molar-refractivity contribution is 5.77. The third-order valence-electron chi connectivity index (χ3n) is 3.65. The fourth-order valence-corrected chi connectivity index (χ4v) is 2.45. The van der Waals surface area contributed by atoms with Crippen LogP contribution in [0.25, 0.3) is 0 Å². The number of rotatable bonds is 8. The summed E-state index contributed by atoms with van der Waals surface area (Å²) in [6, 6.07) is 16.8. The van der Waals surface area contributed by atoms with E-state index >= 15 is 0 Å².